The number of carbonyl (C=O) groups excluding carboxylic acids is 2. The van der Waals surface area contributed by atoms with Crippen molar-refractivity contribution in [3.8, 4) is 11.3 Å². The van der Waals surface area contributed by atoms with E-state index in [0.717, 1.165) is 40.8 Å². The van der Waals surface area contributed by atoms with Crippen LogP contribution in [0, 0.1) is 0 Å². The molecule has 3 N–H and O–H groups in total. The lowest BCUT2D eigenvalue weighted by Gasteiger charge is -2.15. The van der Waals surface area contributed by atoms with Crippen molar-refractivity contribution in [2.75, 3.05) is 13.6 Å². The number of nitrogens with one attached hydrogen (secondary N) is 1. The lowest BCUT2D eigenvalue weighted by molar-refractivity contribution is -0.130. The summed E-state index contributed by atoms with van der Waals surface area (Å²) in [5.41, 5.74) is 5.99. The largest absolute Gasteiger partial charge is 0.459 e. The van der Waals surface area contributed by atoms with Crippen molar-refractivity contribution in [2.45, 2.75) is 32.2 Å². The number of amides is 3. The molecule has 0 fully saturated rings. The molecule has 0 spiro atoms. The van der Waals surface area contributed by atoms with Gasteiger partial charge in [-0.2, -0.15) is 0 Å². The molecule has 6 nitrogen and oxygen atoms in total. The second kappa shape index (κ2) is 10.0. The smallest absolute Gasteiger partial charge is 0.312 e. The van der Waals surface area contributed by atoms with E-state index in [1.54, 1.807) is 11.9 Å². The van der Waals surface area contributed by atoms with E-state index in [1.165, 1.54) is 0 Å². The first-order valence-corrected chi connectivity index (χ1v) is 9.37. The molecule has 1 aromatic carbocycles. The zero-order valence-corrected chi connectivity index (χ0v) is 16.4. The van der Waals surface area contributed by atoms with Gasteiger partial charge in [-0.15, -0.1) is 0 Å². The normalized spacial score (nSPS) is 10.5. The van der Waals surface area contributed by atoms with Gasteiger partial charge < -0.3 is 20.4 Å². The highest BCUT2D eigenvalue weighted by molar-refractivity contribution is 9.10. The maximum absolute atomic E-state index is 12.2. The Morgan fingerprint density at radius 2 is 1.85 bits per heavy atom. The summed E-state index contributed by atoms with van der Waals surface area (Å²) in [6.45, 7) is 0.989. The molecule has 2 rings (SSSR count). The molecule has 2 aromatic rings. The highest BCUT2D eigenvalue weighted by Gasteiger charge is 2.12. The Hall–Kier alpha value is -2.28. The van der Waals surface area contributed by atoms with Crippen LogP contribution in [0.1, 0.15) is 31.4 Å². The maximum atomic E-state index is 12.2. The standard InChI is InChI=1S/C19H24BrN3O3/c1-23(18(24)5-3-2-4-12-22-19(21)25)13-16-10-11-17(26-16)14-6-8-15(20)9-7-14/h6-11H,2-5,12-13H2,1H3,(H3,21,22,25). The van der Waals surface area contributed by atoms with Gasteiger partial charge >= 0.3 is 6.03 Å². The Bertz CT molecular complexity index is 728. The highest BCUT2D eigenvalue weighted by Crippen LogP contribution is 2.24. The van der Waals surface area contributed by atoms with Crippen molar-refractivity contribution in [3.05, 3.63) is 46.6 Å². The number of primary amides is 1. The Labute approximate surface area is 161 Å². The number of halogens is 1. The summed E-state index contributed by atoms with van der Waals surface area (Å²) < 4.78 is 6.87. The number of furan rings is 1. The minimum atomic E-state index is -0.512. The first-order chi connectivity index (χ1) is 12.5. The molecule has 140 valence electrons. The number of hydrogen-bond donors (Lipinski definition) is 2. The summed E-state index contributed by atoms with van der Waals surface area (Å²) in [5.74, 6) is 1.62. The van der Waals surface area contributed by atoms with Gasteiger partial charge in [0, 0.05) is 30.0 Å². The Morgan fingerprint density at radius 3 is 2.54 bits per heavy atom. The number of hydrogen-bond acceptors (Lipinski definition) is 3. The lowest BCUT2D eigenvalue weighted by Crippen LogP contribution is -2.30. The van der Waals surface area contributed by atoms with Crippen molar-refractivity contribution < 1.29 is 14.0 Å². The predicted molar refractivity (Wildman–Crippen MR) is 104 cm³/mol. The van der Waals surface area contributed by atoms with Crippen molar-refractivity contribution in [2.24, 2.45) is 5.73 Å². The molecule has 7 heteroatoms. The van der Waals surface area contributed by atoms with Crippen molar-refractivity contribution in [3.63, 3.8) is 0 Å². The number of urea groups is 1. The number of unbranched alkanes of at least 4 members (excludes halogenated alkanes) is 2. The number of rotatable bonds is 9. The summed E-state index contributed by atoms with van der Waals surface area (Å²) in [5, 5.41) is 2.54. The van der Waals surface area contributed by atoms with Gasteiger partial charge in [-0.25, -0.2) is 4.79 Å². The fraction of sp³-hybridized carbons (Fsp3) is 0.368. The van der Waals surface area contributed by atoms with E-state index >= 15 is 0 Å². The Kier molecular flexibility index (Phi) is 7.72. The molecule has 0 radical (unpaired) electrons. The summed E-state index contributed by atoms with van der Waals surface area (Å²) in [6.07, 6.45) is 2.95. The van der Waals surface area contributed by atoms with Gasteiger partial charge in [0.2, 0.25) is 5.91 Å². The van der Waals surface area contributed by atoms with Gasteiger partial charge in [0.05, 0.1) is 6.54 Å². The first-order valence-electron chi connectivity index (χ1n) is 8.57. The average molecular weight is 422 g/mol. The van der Waals surface area contributed by atoms with Crippen LogP contribution in [0.5, 0.6) is 0 Å². The number of carbonyl (C=O) groups is 2. The Morgan fingerprint density at radius 1 is 1.12 bits per heavy atom. The average Bonchev–Trinajstić information content (AvgIpc) is 3.06. The molecule has 0 saturated carbocycles. The molecule has 0 aliphatic heterocycles. The molecule has 1 heterocycles. The second-order valence-corrected chi connectivity index (χ2v) is 7.04. The van der Waals surface area contributed by atoms with E-state index < -0.39 is 6.03 Å². The fourth-order valence-corrected chi connectivity index (χ4v) is 2.80. The van der Waals surface area contributed by atoms with Crippen LogP contribution in [0.15, 0.2) is 45.3 Å². The third-order valence-electron chi connectivity index (χ3n) is 3.98. The van der Waals surface area contributed by atoms with Crippen LogP contribution < -0.4 is 11.1 Å². The molecule has 0 unspecified atom stereocenters. The number of nitrogens with zero attached hydrogens (tertiary/aromatic N) is 1. The highest BCUT2D eigenvalue weighted by atomic mass is 79.9. The Balaban J connectivity index is 1.75. The van der Waals surface area contributed by atoms with E-state index in [0.29, 0.717) is 19.5 Å². The number of nitrogens with two attached hydrogens (primary N) is 1. The van der Waals surface area contributed by atoms with Gasteiger partial charge in [-0.1, -0.05) is 34.5 Å². The van der Waals surface area contributed by atoms with Crippen LogP contribution in [0.3, 0.4) is 0 Å². The third-order valence-corrected chi connectivity index (χ3v) is 4.50. The quantitative estimate of drug-likeness (QED) is 0.601. The van der Waals surface area contributed by atoms with Crippen LogP contribution in [0.25, 0.3) is 11.3 Å². The van der Waals surface area contributed by atoms with E-state index in [-0.39, 0.29) is 5.91 Å². The second-order valence-electron chi connectivity index (χ2n) is 6.12. The maximum Gasteiger partial charge on any atom is 0.312 e. The van der Waals surface area contributed by atoms with Gasteiger partial charge in [0.1, 0.15) is 11.5 Å². The zero-order chi connectivity index (χ0) is 18.9. The lowest BCUT2D eigenvalue weighted by atomic mass is 10.2. The summed E-state index contributed by atoms with van der Waals surface area (Å²) in [6, 6.07) is 11.2. The van der Waals surface area contributed by atoms with Crippen LogP contribution in [0.2, 0.25) is 0 Å². The molecule has 0 aliphatic carbocycles. The summed E-state index contributed by atoms with van der Waals surface area (Å²) >= 11 is 3.41. The molecule has 3 amide bonds. The van der Waals surface area contributed by atoms with E-state index in [1.807, 2.05) is 36.4 Å². The van der Waals surface area contributed by atoms with Gasteiger partial charge in [0.15, 0.2) is 0 Å². The van der Waals surface area contributed by atoms with Crippen molar-refractivity contribution in [1.29, 1.82) is 0 Å². The van der Waals surface area contributed by atoms with Gasteiger partial charge in [0.25, 0.3) is 0 Å². The van der Waals surface area contributed by atoms with Crippen molar-refractivity contribution >= 4 is 27.9 Å². The first kappa shape index (κ1) is 20.0. The van der Waals surface area contributed by atoms with Crippen LogP contribution >= 0.6 is 15.9 Å². The van der Waals surface area contributed by atoms with Crippen LogP contribution in [0.4, 0.5) is 4.79 Å². The van der Waals surface area contributed by atoms with E-state index in [2.05, 4.69) is 21.2 Å². The number of benzene rings is 1. The SMILES string of the molecule is CN(Cc1ccc(-c2ccc(Br)cc2)o1)C(=O)CCCCCNC(N)=O. The van der Waals surface area contributed by atoms with E-state index in [4.69, 9.17) is 10.2 Å². The molecule has 0 aliphatic rings. The fourth-order valence-electron chi connectivity index (χ4n) is 2.53. The van der Waals surface area contributed by atoms with E-state index in [9.17, 15) is 9.59 Å². The molecule has 26 heavy (non-hydrogen) atoms. The van der Waals surface area contributed by atoms with Crippen LogP contribution in [-0.4, -0.2) is 30.4 Å². The molecular weight excluding hydrogens is 398 g/mol. The molecule has 0 saturated heterocycles. The van der Waals surface area contributed by atoms with Gasteiger partial charge in [-0.05, 0) is 37.1 Å². The monoisotopic (exact) mass is 421 g/mol. The summed E-state index contributed by atoms with van der Waals surface area (Å²) in [4.78, 5) is 24.4. The zero-order valence-electron chi connectivity index (χ0n) is 14.8. The van der Waals surface area contributed by atoms with Crippen LogP contribution in [-0.2, 0) is 11.3 Å². The predicted octanol–water partition coefficient (Wildman–Crippen LogP) is 3.90. The molecular formula is C19H24BrN3O3. The molecule has 1 aromatic heterocycles. The minimum Gasteiger partial charge on any atom is -0.459 e. The minimum absolute atomic E-state index is 0.0782. The topological polar surface area (TPSA) is 88.6 Å². The van der Waals surface area contributed by atoms with Gasteiger partial charge in [-0.3, -0.25) is 4.79 Å². The third kappa shape index (κ3) is 6.55. The van der Waals surface area contributed by atoms with Crippen molar-refractivity contribution in [1.82, 2.24) is 10.2 Å². The summed E-state index contributed by atoms with van der Waals surface area (Å²) in [7, 11) is 1.78. The molecule has 0 atom stereocenters. The molecule has 0 bridgehead atoms.